The minimum atomic E-state index is 0.302. The number of nitrogens with one attached hydrogen (secondary N) is 1. The van der Waals surface area contributed by atoms with E-state index in [1.807, 2.05) is 43.3 Å². The Morgan fingerprint density at radius 3 is 2.53 bits per heavy atom. The molecule has 98 valence electrons. The molecule has 0 amide bonds. The SMILES string of the molecule is Cc1cc2c(cc1NCc1ccc(N)cc1)OCO2. The third kappa shape index (κ3) is 2.42. The van der Waals surface area contributed by atoms with E-state index >= 15 is 0 Å². The van der Waals surface area contributed by atoms with E-state index in [9.17, 15) is 0 Å². The van der Waals surface area contributed by atoms with E-state index in [1.165, 1.54) is 5.56 Å². The average molecular weight is 256 g/mol. The quantitative estimate of drug-likeness (QED) is 0.829. The molecule has 3 rings (SSSR count). The maximum absolute atomic E-state index is 5.67. The van der Waals surface area contributed by atoms with Crippen LogP contribution in [0, 0.1) is 6.92 Å². The van der Waals surface area contributed by atoms with Gasteiger partial charge in [0.25, 0.3) is 0 Å². The summed E-state index contributed by atoms with van der Waals surface area (Å²) in [5.41, 5.74) is 9.83. The molecule has 0 saturated heterocycles. The van der Waals surface area contributed by atoms with E-state index in [0.717, 1.165) is 35.0 Å². The van der Waals surface area contributed by atoms with Crippen LogP contribution in [0.25, 0.3) is 0 Å². The molecular formula is C15H16N2O2. The van der Waals surface area contributed by atoms with Gasteiger partial charge in [0.05, 0.1) is 0 Å². The summed E-state index contributed by atoms with van der Waals surface area (Å²) in [7, 11) is 0. The first kappa shape index (κ1) is 11.7. The van der Waals surface area contributed by atoms with Gasteiger partial charge in [-0.05, 0) is 36.2 Å². The van der Waals surface area contributed by atoms with Crippen LogP contribution in [0.1, 0.15) is 11.1 Å². The number of fused-ring (bicyclic) bond motifs is 1. The van der Waals surface area contributed by atoms with Crippen molar-refractivity contribution < 1.29 is 9.47 Å². The third-order valence-corrected chi connectivity index (χ3v) is 3.18. The summed E-state index contributed by atoms with van der Waals surface area (Å²) in [6.45, 7) is 3.10. The van der Waals surface area contributed by atoms with Gasteiger partial charge >= 0.3 is 0 Å². The van der Waals surface area contributed by atoms with E-state index in [0.29, 0.717) is 6.79 Å². The monoisotopic (exact) mass is 256 g/mol. The van der Waals surface area contributed by atoms with Crippen molar-refractivity contribution in [2.45, 2.75) is 13.5 Å². The van der Waals surface area contributed by atoms with E-state index in [1.54, 1.807) is 0 Å². The molecule has 0 fully saturated rings. The molecule has 1 aliphatic rings. The van der Waals surface area contributed by atoms with Crippen LogP contribution in [0.15, 0.2) is 36.4 Å². The minimum absolute atomic E-state index is 0.302. The Hall–Kier alpha value is -2.36. The molecule has 0 unspecified atom stereocenters. The molecule has 1 heterocycles. The van der Waals surface area contributed by atoms with Gasteiger partial charge in [0.15, 0.2) is 11.5 Å². The predicted octanol–water partition coefficient (Wildman–Crippen LogP) is 2.92. The van der Waals surface area contributed by atoms with Gasteiger partial charge in [-0.1, -0.05) is 12.1 Å². The average Bonchev–Trinajstić information content (AvgIpc) is 2.85. The van der Waals surface area contributed by atoms with Crippen molar-refractivity contribution in [1.82, 2.24) is 0 Å². The third-order valence-electron chi connectivity index (χ3n) is 3.18. The molecule has 19 heavy (non-hydrogen) atoms. The number of nitrogen functional groups attached to an aromatic ring is 1. The highest BCUT2D eigenvalue weighted by Gasteiger charge is 2.15. The van der Waals surface area contributed by atoms with Gasteiger partial charge in [0, 0.05) is 24.0 Å². The topological polar surface area (TPSA) is 56.5 Å². The highest BCUT2D eigenvalue weighted by Crippen LogP contribution is 2.36. The van der Waals surface area contributed by atoms with Crippen LogP contribution in [-0.2, 0) is 6.54 Å². The normalized spacial score (nSPS) is 12.5. The van der Waals surface area contributed by atoms with Crippen LogP contribution in [0.4, 0.5) is 11.4 Å². The zero-order valence-corrected chi connectivity index (χ0v) is 10.8. The van der Waals surface area contributed by atoms with E-state index in [2.05, 4.69) is 5.32 Å². The lowest BCUT2D eigenvalue weighted by molar-refractivity contribution is 0.174. The first-order valence-corrected chi connectivity index (χ1v) is 6.21. The summed E-state index contributed by atoms with van der Waals surface area (Å²) in [5, 5.41) is 3.40. The number of hydrogen-bond donors (Lipinski definition) is 2. The molecule has 4 nitrogen and oxygen atoms in total. The van der Waals surface area contributed by atoms with Crippen LogP contribution in [0.3, 0.4) is 0 Å². The molecule has 1 aliphatic heterocycles. The van der Waals surface area contributed by atoms with Crippen LogP contribution in [0.2, 0.25) is 0 Å². The molecule has 0 bridgehead atoms. The molecule has 0 saturated carbocycles. The molecule has 0 aromatic heterocycles. The second-order valence-corrected chi connectivity index (χ2v) is 4.62. The lowest BCUT2D eigenvalue weighted by atomic mass is 10.1. The van der Waals surface area contributed by atoms with Gasteiger partial charge in [0.1, 0.15) is 0 Å². The fraction of sp³-hybridized carbons (Fsp3) is 0.200. The Kier molecular flexibility index (Phi) is 2.91. The predicted molar refractivity (Wildman–Crippen MR) is 75.5 cm³/mol. The molecule has 4 heteroatoms. The number of benzene rings is 2. The number of anilines is 2. The van der Waals surface area contributed by atoms with Gasteiger partial charge in [0.2, 0.25) is 6.79 Å². The van der Waals surface area contributed by atoms with Gasteiger partial charge in [-0.2, -0.15) is 0 Å². The fourth-order valence-electron chi connectivity index (χ4n) is 2.07. The Balaban J connectivity index is 1.75. The second kappa shape index (κ2) is 4.72. The zero-order chi connectivity index (χ0) is 13.2. The lowest BCUT2D eigenvalue weighted by Gasteiger charge is -2.11. The maximum atomic E-state index is 5.67. The van der Waals surface area contributed by atoms with Gasteiger partial charge in [-0.15, -0.1) is 0 Å². The van der Waals surface area contributed by atoms with Gasteiger partial charge in [-0.3, -0.25) is 0 Å². The summed E-state index contributed by atoms with van der Waals surface area (Å²) in [6.07, 6.45) is 0. The summed E-state index contributed by atoms with van der Waals surface area (Å²) < 4.78 is 10.7. The summed E-state index contributed by atoms with van der Waals surface area (Å²) in [5.74, 6) is 1.61. The van der Waals surface area contributed by atoms with E-state index in [4.69, 9.17) is 15.2 Å². The zero-order valence-electron chi connectivity index (χ0n) is 10.8. The van der Waals surface area contributed by atoms with Crippen molar-refractivity contribution >= 4 is 11.4 Å². The van der Waals surface area contributed by atoms with Crippen LogP contribution in [-0.4, -0.2) is 6.79 Å². The molecule has 0 radical (unpaired) electrons. The Morgan fingerprint density at radius 2 is 1.79 bits per heavy atom. The number of aryl methyl sites for hydroxylation is 1. The van der Waals surface area contributed by atoms with Crippen LogP contribution in [0.5, 0.6) is 11.5 Å². The highest BCUT2D eigenvalue weighted by atomic mass is 16.7. The number of nitrogens with two attached hydrogens (primary N) is 1. The van der Waals surface area contributed by atoms with Crippen molar-refractivity contribution in [2.24, 2.45) is 0 Å². The molecule has 0 spiro atoms. The standard InChI is InChI=1S/C15H16N2O2/c1-10-6-14-15(19-9-18-14)7-13(10)17-8-11-2-4-12(16)5-3-11/h2-7,17H,8-9,16H2,1H3. The van der Waals surface area contributed by atoms with Crippen molar-refractivity contribution in [3.05, 3.63) is 47.5 Å². The highest BCUT2D eigenvalue weighted by molar-refractivity contribution is 5.61. The van der Waals surface area contributed by atoms with Crippen LogP contribution >= 0.6 is 0 Å². The lowest BCUT2D eigenvalue weighted by Crippen LogP contribution is -2.01. The first-order chi connectivity index (χ1) is 9.22. The summed E-state index contributed by atoms with van der Waals surface area (Å²) in [6, 6.07) is 11.8. The Bertz CT molecular complexity index is 594. The number of rotatable bonds is 3. The van der Waals surface area contributed by atoms with Crippen molar-refractivity contribution in [3.8, 4) is 11.5 Å². The number of ether oxygens (including phenoxy) is 2. The molecule has 3 N–H and O–H groups in total. The maximum Gasteiger partial charge on any atom is 0.231 e. The van der Waals surface area contributed by atoms with E-state index in [-0.39, 0.29) is 0 Å². The fourth-order valence-corrected chi connectivity index (χ4v) is 2.07. The van der Waals surface area contributed by atoms with Gasteiger partial charge < -0.3 is 20.5 Å². The van der Waals surface area contributed by atoms with Crippen molar-refractivity contribution in [1.29, 1.82) is 0 Å². The number of hydrogen-bond acceptors (Lipinski definition) is 4. The molecular weight excluding hydrogens is 240 g/mol. The molecule has 2 aromatic carbocycles. The van der Waals surface area contributed by atoms with E-state index < -0.39 is 0 Å². The van der Waals surface area contributed by atoms with Crippen molar-refractivity contribution in [3.63, 3.8) is 0 Å². The Morgan fingerprint density at radius 1 is 1.11 bits per heavy atom. The molecule has 2 aromatic rings. The van der Waals surface area contributed by atoms with Crippen molar-refractivity contribution in [2.75, 3.05) is 17.8 Å². The van der Waals surface area contributed by atoms with Gasteiger partial charge in [-0.25, -0.2) is 0 Å². The molecule has 0 atom stereocenters. The largest absolute Gasteiger partial charge is 0.454 e. The smallest absolute Gasteiger partial charge is 0.231 e. The Labute approximate surface area is 112 Å². The minimum Gasteiger partial charge on any atom is -0.454 e. The summed E-state index contributed by atoms with van der Waals surface area (Å²) >= 11 is 0. The summed E-state index contributed by atoms with van der Waals surface area (Å²) in [4.78, 5) is 0. The molecule has 0 aliphatic carbocycles. The second-order valence-electron chi connectivity index (χ2n) is 4.62. The first-order valence-electron chi connectivity index (χ1n) is 6.21. The van der Waals surface area contributed by atoms with Crippen LogP contribution < -0.4 is 20.5 Å².